The molecule has 1 aliphatic carbocycles. The number of likely N-dealkylation sites (N-methyl/N-ethyl adjacent to an activating group) is 1. The molecule has 0 aromatic rings. The van der Waals surface area contributed by atoms with Gasteiger partial charge in [0.25, 0.3) is 0 Å². The second kappa shape index (κ2) is 7.36. The zero-order valence-corrected chi connectivity index (χ0v) is 11.4. The van der Waals surface area contributed by atoms with Crippen molar-refractivity contribution in [1.82, 2.24) is 10.2 Å². The smallest absolute Gasteiger partial charge is 0.241 e. The standard InChI is InChI=1S/C13H25N3O2/c1-10(14)8-12(17)15-9-13(18)16(2)11-6-4-3-5-7-11/h10-11H,3-9,14H2,1-2H3,(H,15,17). The Morgan fingerprint density at radius 2 is 1.94 bits per heavy atom. The fourth-order valence-electron chi connectivity index (χ4n) is 2.34. The number of rotatable bonds is 5. The third kappa shape index (κ3) is 5.04. The monoisotopic (exact) mass is 255 g/mol. The van der Waals surface area contributed by atoms with E-state index in [2.05, 4.69) is 5.32 Å². The summed E-state index contributed by atoms with van der Waals surface area (Å²) in [7, 11) is 1.83. The summed E-state index contributed by atoms with van der Waals surface area (Å²) in [6.45, 7) is 1.86. The summed E-state index contributed by atoms with van der Waals surface area (Å²) in [6.07, 6.45) is 6.08. The van der Waals surface area contributed by atoms with E-state index in [9.17, 15) is 9.59 Å². The number of carbonyl (C=O) groups is 2. The van der Waals surface area contributed by atoms with E-state index in [1.807, 2.05) is 7.05 Å². The molecule has 1 aliphatic rings. The summed E-state index contributed by atoms with van der Waals surface area (Å²) in [6, 6.07) is 0.174. The minimum absolute atomic E-state index is 0.0140. The zero-order chi connectivity index (χ0) is 13.5. The van der Waals surface area contributed by atoms with Crippen LogP contribution in [0.25, 0.3) is 0 Å². The molecule has 18 heavy (non-hydrogen) atoms. The number of carbonyl (C=O) groups excluding carboxylic acids is 2. The molecule has 104 valence electrons. The Morgan fingerprint density at radius 3 is 2.50 bits per heavy atom. The van der Waals surface area contributed by atoms with E-state index < -0.39 is 0 Å². The Morgan fingerprint density at radius 1 is 1.33 bits per heavy atom. The summed E-state index contributed by atoms with van der Waals surface area (Å²) < 4.78 is 0. The molecule has 5 heteroatoms. The van der Waals surface area contributed by atoms with E-state index in [0.29, 0.717) is 6.04 Å². The van der Waals surface area contributed by atoms with Gasteiger partial charge in [0, 0.05) is 25.6 Å². The van der Waals surface area contributed by atoms with Gasteiger partial charge in [-0.1, -0.05) is 19.3 Å². The zero-order valence-electron chi connectivity index (χ0n) is 11.4. The van der Waals surface area contributed by atoms with Crippen molar-refractivity contribution in [3.8, 4) is 0 Å². The predicted octanol–water partition coefficient (Wildman–Crippen LogP) is 0.631. The summed E-state index contributed by atoms with van der Waals surface area (Å²) >= 11 is 0. The normalized spacial score (nSPS) is 18.2. The van der Waals surface area contributed by atoms with Crippen molar-refractivity contribution in [3.05, 3.63) is 0 Å². The number of nitrogens with two attached hydrogens (primary N) is 1. The summed E-state index contributed by atoms with van der Waals surface area (Å²) in [5.41, 5.74) is 5.52. The fraction of sp³-hybridized carbons (Fsp3) is 0.846. The number of hydrogen-bond acceptors (Lipinski definition) is 3. The lowest BCUT2D eigenvalue weighted by Crippen LogP contribution is -2.44. The van der Waals surface area contributed by atoms with Gasteiger partial charge in [0.2, 0.25) is 11.8 Å². The molecule has 0 radical (unpaired) electrons. The van der Waals surface area contributed by atoms with Crippen LogP contribution in [-0.2, 0) is 9.59 Å². The molecule has 3 N–H and O–H groups in total. The van der Waals surface area contributed by atoms with Crippen LogP contribution in [0.3, 0.4) is 0 Å². The van der Waals surface area contributed by atoms with Crippen LogP contribution in [0.4, 0.5) is 0 Å². The van der Waals surface area contributed by atoms with E-state index in [4.69, 9.17) is 5.73 Å². The second-order valence-electron chi connectivity index (χ2n) is 5.25. The lowest BCUT2D eigenvalue weighted by molar-refractivity contribution is -0.134. The SMILES string of the molecule is CC(N)CC(=O)NCC(=O)N(C)C1CCCCC1. The van der Waals surface area contributed by atoms with Crippen LogP contribution in [0.2, 0.25) is 0 Å². The van der Waals surface area contributed by atoms with Gasteiger partial charge in [-0.3, -0.25) is 9.59 Å². The Labute approximate surface area is 109 Å². The number of nitrogens with one attached hydrogen (secondary N) is 1. The highest BCUT2D eigenvalue weighted by Crippen LogP contribution is 2.21. The third-order valence-electron chi connectivity index (χ3n) is 3.46. The third-order valence-corrected chi connectivity index (χ3v) is 3.46. The highest BCUT2D eigenvalue weighted by Gasteiger charge is 2.22. The molecule has 0 saturated heterocycles. The van der Waals surface area contributed by atoms with Crippen molar-refractivity contribution < 1.29 is 9.59 Å². The first-order valence-corrected chi connectivity index (χ1v) is 6.78. The van der Waals surface area contributed by atoms with Gasteiger partial charge in [-0.05, 0) is 19.8 Å². The average molecular weight is 255 g/mol. The molecular formula is C13H25N3O2. The Kier molecular flexibility index (Phi) is 6.12. The molecule has 1 saturated carbocycles. The molecule has 1 fully saturated rings. The average Bonchev–Trinajstić information content (AvgIpc) is 2.35. The van der Waals surface area contributed by atoms with Crippen LogP contribution in [0.5, 0.6) is 0 Å². The van der Waals surface area contributed by atoms with Crippen molar-refractivity contribution in [2.24, 2.45) is 5.73 Å². The van der Waals surface area contributed by atoms with Crippen LogP contribution in [0.15, 0.2) is 0 Å². The van der Waals surface area contributed by atoms with E-state index in [0.717, 1.165) is 12.8 Å². The van der Waals surface area contributed by atoms with Crippen LogP contribution >= 0.6 is 0 Å². The van der Waals surface area contributed by atoms with Gasteiger partial charge >= 0.3 is 0 Å². The van der Waals surface area contributed by atoms with Crippen molar-refractivity contribution >= 4 is 11.8 Å². The molecule has 0 bridgehead atoms. The topological polar surface area (TPSA) is 75.4 Å². The van der Waals surface area contributed by atoms with Gasteiger partial charge in [-0.2, -0.15) is 0 Å². The summed E-state index contributed by atoms with van der Waals surface area (Å²) in [5.74, 6) is -0.171. The molecule has 0 aromatic carbocycles. The first-order valence-electron chi connectivity index (χ1n) is 6.78. The van der Waals surface area contributed by atoms with Crippen LogP contribution in [-0.4, -0.2) is 42.4 Å². The molecule has 5 nitrogen and oxygen atoms in total. The van der Waals surface area contributed by atoms with E-state index in [1.165, 1.54) is 19.3 Å². The largest absolute Gasteiger partial charge is 0.347 e. The summed E-state index contributed by atoms with van der Waals surface area (Å²) in [4.78, 5) is 25.1. The maximum Gasteiger partial charge on any atom is 0.241 e. The molecule has 1 unspecified atom stereocenters. The summed E-state index contributed by atoms with van der Waals surface area (Å²) in [5, 5.41) is 2.62. The van der Waals surface area contributed by atoms with E-state index >= 15 is 0 Å². The van der Waals surface area contributed by atoms with E-state index in [-0.39, 0.29) is 30.8 Å². The number of nitrogens with zero attached hydrogens (tertiary/aromatic N) is 1. The van der Waals surface area contributed by atoms with Crippen LogP contribution < -0.4 is 11.1 Å². The fourth-order valence-corrected chi connectivity index (χ4v) is 2.34. The van der Waals surface area contributed by atoms with Gasteiger partial charge in [-0.15, -0.1) is 0 Å². The quantitative estimate of drug-likeness (QED) is 0.756. The predicted molar refractivity (Wildman–Crippen MR) is 70.9 cm³/mol. The Hall–Kier alpha value is -1.10. The highest BCUT2D eigenvalue weighted by atomic mass is 16.2. The highest BCUT2D eigenvalue weighted by molar-refractivity contribution is 5.84. The Balaban J connectivity index is 2.28. The van der Waals surface area contributed by atoms with Gasteiger partial charge in [-0.25, -0.2) is 0 Å². The minimum atomic E-state index is -0.170. The molecule has 0 heterocycles. The van der Waals surface area contributed by atoms with Crippen LogP contribution in [0.1, 0.15) is 45.4 Å². The van der Waals surface area contributed by atoms with Gasteiger partial charge in [0.1, 0.15) is 0 Å². The molecule has 1 rings (SSSR count). The van der Waals surface area contributed by atoms with Crippen molar-refractivity contribution in [2.75, 3.05) is 13.6 Å². The van der Waals surface area contributed by atoms with Crippen molar-refractivity contribution in [2.45, 2.75) is 57.5 Å². The molecule has 2 amide bonds. The van der Waals surface area contributed by atoms with Gasteiger partial charge < -0.3 is 16.0 Å². The lowest BCUT2D eigenvalue weighted by Gasteiger charge is -2.31. The first-order chi connectivity index (χ1) is 8.50. The van der Waals surface area contributed by atoms with Gasteiger partial charge in [0.15, 0.2) is 0 Å². The molecule has 0 aromatic heterocycles. The number of hydrogen-bond donors (Lipinski definition) is 2. The minimum Gasteiger partial charge on any atom is -0.347 e. The molecule has 0 spiro atoms. The maximum atomic E-state index is 11.9. The molecule has 0 aliphatic heterocycles. The number of amides is 2. The molecule has 1 atom stereocenters. The first kappa shape index (κ1) is 15.0. The lowest BCUT2D eigenvalue weighted by atomic mass is 9.94. The maximum absolute atomic E-state index is 11.9. The van der Waals surface area contributed by atoms with Gasteiger partial charge in [0.05, 0.1) is 6.54 Å². The van der Waals surface area contributed by atoms with Crippen LogP contribution in [0, 0.1) is 0 Å². The Bertz CT molecular complexity index is 286. The van der Waals surface area contributed by atoms with Crippen molar-refractivity contribution in [1.29, 1.82) is 0 Å². The molecular weight excluding hydrogens is 230 g/mol. The van der Waals surface area contributed by atoms with Crippen molar-refractivity contribution in [3.63, 3.8) is 0 Å². The van der Waals surface area contributed by atoms with E-state index in [1.54, 1.807) is 11.8 Å². The second-order valence-corrected chi connectivity index (χ2v) is 5.25.